The van der Waals surface area contributed by atoms with Gasteiger partial charge in [0.2, 0.25) is 0 Å². The summed E-state index contributed by atoms with van der Waals surface area (Å²) in [6, 6.07) is 3.33. The number of nitrogens with one attached hydrogen (secondary N) is 1. The van der Waals surface area contributed by atoms with E-state index >= 15 is 0 Å². The van der Waals surface area contributed by atoms with Gasteiger partial charge in [-0.05, 0) is 26.0 Å². The second-order valence-electron chi connectivity index (χ2n) is 5.46. The molecule has 2 rings (SSSR count). The molecule has 2 aromatic rings. The lowest BCUT2D eigenvalue weighted by Gasteiger charge is -2.07. The molecule has 0 saturated carbocycles. The SMILES string of the molecule is Cc1nn(-c2ccc(F)cc2F)c(C)c1CNCCS(C)(=O)=O. The van der Waals surface area contributed by atoms with Gasteiger partial charge in [-0.15, -0.1) is 0 Å². The molecule has 1 aromatic heterocycles. The zero-order valence-corrected chi connectivity index (χ0v) is 14.0. The molecule has 0 radical (unpaired) electrons. The highest BCUT2D eigenvalue weighted by Gasteiger charge is 2.15. The van der Waals surface area contributed by atoms with Crippen LogP contribution in [0.5, 0.6) is 0 Å². The highest BCUT2D eigenvalue weighted by Crippen LogP contribution is 2.20. The van der Waals surface area contributed by atoms with Crippen LogP contribution in [0.2, 0.25) is 0 Å². The predicted molar refractivity (Wildman–Crippen MR) is 84.4 cm³/mol. The Bertz CT molecular complexity index is 816. The molecule has 0 unspecified atom stereocenters. The van der Waals surface area contributed by atoms with Crippen molar-refractivity contribution in [1.29, 1.82) is 0 Å². The molecule has 0 aliphatic carbocycles. The molecule has 0 aliphatic heterocycles. The number of nitrogens with zero attached hydrogens (tertiary/aromatic N) is 2. The fraction of sp³-hybridized carbons (Fsp3) is 0.400. The molecule has 0 bridgehead atoms. The van der Waals surface area contributed by atoms with Gasteiger partial charge < -0.3 is 5.32 Å². The van der Waals surface area contributed by atoms with Crippen molar-refractivity contribution in [3.8, 4) is 5.69 Å². The van der Waals surface area contributed by atoms with Crippen molar-refractivity contribution in [1.82, 2.24) is 15.1 Å². The molecule has 0 saturated heterocycles. The first-order chi connectivity index (χ1) is 10.7. The summed E-state index contributed by atoms with van der Waals surface area (Å²) < 4.78 is 50.6. The summed E-state index contributed by atoms with van der Waals surface area (Å²) in [6.45, 7) is 4.33. The molecule has 126 valence electrons. The summed E-state index contributed by atoms with van der Waals surface area (Å²) >= 11 is 0. The van der Waals surface area contributed by atoms with Gasteiger partial charge in [-0.25, -0.2) is 21.9 Å². The maximum Gasteiger partial charge on any atom is 0.151 e. The Morgan fingerprint density at radius 1 is 1.26 bits per heavy atom. The van der Waals surface area contributed by atoms with Crippen LogP contribution in [0.1, 0.15) is 17.0 Å². The smallest absolute Gasteiger partial charge is 0.151 e. The normalized spacial score (nSPS) is 11.9. The number of aryl methyl sites for hydroxylation is 1. The van der Waals surface area contributed by atoms with E-state index in [1.807, 2.05) is 0 Å². The predicted octanol–water partition coefficient (Wildman–Crippen LogP) is 1.90. The van der Waals surface area contributed by atoms with Gasteiger partial charge in [0, 0.05) is 36.7 Å². The molecule has 0 atom stereocenters. The van der Waals surface area contributed by atoms with Gasteiger partial charge in [0.05, 0.1) is 11.4 Å². The molecular formula is C15H19F2N3O2S. The third kappa shape index (κ3) is 4.35. The summed E-state index contributed by atoms with van der Waals surface area (Å²) in [5.74, 6) is -1.28. The number of hydrogen-bond acceptors (Lipinski definition) is 4. The minimum absolute atomic E-state index is 0.0474. The van der Waals surface area contributed by atoms with E-state index in [1.165, 1.54) is 23.1 Å². The largest absolute Gasteiger partial charge is 0.312 e. The van der Waals surface area contributed by atoms with Crippen LogP contribution in [-0.2, 0) is 16.4 Å². The van der Waals surface area contributed by atoms with E-state index in [1.54, 1.807) is 13.8 Å². The fourth-order valence-corrected chi connectivity index (χ4v) is 2.80. The summed E-state index contributed by atoms with van der Waals surface area (Å²) in [4.78, 5) is 0. The molecule has 0 spiro atoms. The van der Waals surface area contributed by atoms with Crippen molar-refractivity contribution in [3.63, 3.8) is 0 Å². The minimum atomic E-state index is -3.01. The maximum absolute atomic E-state index is 13.9. The number of halogens is 2. The van der Waals surface area contributed by atoms with Crippen molar-refractivity contribution in [3.05, 3.63) is 46.8 Å². The van der Waals surface area contributed by atoms with Crippen LogP contribution in [-0.4, -0.2) is 36.8 Å². The lowest BCUT2D eigenvalue weighted by Crippen LogP contribution is -2.22. The molecule has 1 heterocycles. The molecular weight excluding hydrogens is 324 g/mol. The molecule has 0 aliphatic rings. The van der Waals surface area contributed by atoms with Gasteiger partial charge >= 0.3 is 0 Å². The molecule has 1 aromatic carbocycles. The first-order valence-electron chi connectivity index (χ1n) is 7.08. The summed E-state index contributed by atoms with van der Waals surface area (Å²) in [6.07, 6.45) is 1.18. The van der Waals surface area contributed by atoms with Crippen LogP contribution < -0.4 is 5.32 Å². The highest BCUT2D eigenvalue weighted by atomic mass is 32.2. The average molecular weight is 343 g/mol. The van der Waals surface area contributed by atoms with Gasteiger partial charge in [0.15, 0.2) is 5.82 Å². The number of aromatic nitrogens is 2. The average Bonchev–Trinajstić information content (AvgIpc) is 2.70. The fourth-order valence-electron chi connectivity index (χ4n) is 2.29. The lowest BCUT2D eigenvalue weighted by atomic mass is 10.2. The third-order valence-electron chi connectivity index (χ3n) is 3.53. The van der Waals surface area contributed by atoms with Crippen molar-refractivity contribution < 1.29 is 17.2 Å². The molecule has 1 N–H and O–H groups in total. The number of hydrogen-bond donors (Lipinski definition) is 1. The Balaban J connectivity index is 2.19. The zero-order valence-electron chi connectivity index (χ0n) is 13.2. The molecule has 8 heteroatoms. The summed E-state index contributed by atoms with van der Waals surface area (Å²) in [7, 11) is -3.01. The Kier molecular flexibility index (Phi) is 5.16. The van der Waals surface area contributed by atoms with E-state index in [0.29, 0.717) is 18.8 Å². The van der Waals surface area contributed by atoms with E-state index in [0.717, 1.165) is 17.3 Å². The van der Waals surface area contributed by atoms with Gasteiger partial charge in [-0.3, -0.25) is 0 Å². The molecule has 5 nitrogen and oxygen atoms in total. The second kappa shape index (κ2) is 6.76. The Labute approximate surface area is 134 Å². The first kappa shape index (κ1) is 17.6. The second-order valence-corrected chi connectivity index (χ2v) is 7.72. The molecule has 23 heavy (non-hydrogen) atoms. The topological polar surface area (TPSA) is 64.0 Å². The maximum atomic E-state index is 13.9. The van der Waals surface area contributed by atoms with Crippen LogP contribution in [0.15, 0.2) is 18.2 Å². The van der Waals surface area contributed by atoms with Crippen molar-refractivity contribution >= 4 is 9.84 Å². The van der Waals surface area contributed by atoms with Gasteiger partial charge in [-0.1, -0.05) is 0 Å². The van der Waals surface area contributed by atoms with E-state index in [9.17, 15) is 17.2 Å². The number of rotatable bonds is 6. The number of sulfone groups is 1. The Morgan fingerprint density at radius 3 is 2.57 bits per heavy atom. The third-order valence-corrected chi connectivity index (χ3v) is 4.48. The Morgan fingerprint density at radius 2 is 1.96 bits per heavy atom. The minimum Gasteiger partial charge on any atom is -0.312 e. The first-order valence-corrected chi connectivity index (χ1v) is 9.14. The van der Waals surface area contributed by atoms with Crippen LogP contribution >= 0.6 is 0 Å². The zero-order chi connectivity index (χ0) is 17.2. The van der Waals surface area contributed by atoms with E-state index in [4.69, 9.17) is 0 Å². The van der Waals surface area contributed by atoms with Crippen LogP contribution in [0, 0.1) is 25.5 Å². The van der Waals surface area contributed by atoms with Gasteiger partial charge in [0.25, 0.3) is 0 Å². The Hall–Kier alpha value is -1.80. The summed E-state index contributed by atoms with van der Waals surface area (Å²) in [5, 5.41) is 7.34. The van der Waals surface area contributed by atoms with Crippen molar-refractivity contribution in [2.24, 2.45) is 0 Å². The van der Waals surface area contributed by atoms with E-state index in [2.05, 4.69) is 10.4 Å². The standard InChI is InChI=1S/C15H19F2N3O2S/c1-10-13(9-18-6-7-23(3,21)22)11(2)20(19-10)15-5-4-12(16)8-14(15)17/h4-5,8,18H,6-7,9H2,1-3H3. The van der Waals surface area contributed by atoms with Crippen LogP contribution in [0.4, 0.5) is 8.78 Å². The molecule has 0 amide bonds. The molecule has 0 fully saturated rings. The van der Waals surface area contributed by atoms with Crippen molar-refractivity contribution in [2.45, 2.75) is 20.4 Å². The van der Waals surface area contributed by atoms with Gasteiger partial charge in [-0.2, -0.15) is 5.10 Å². The quantitative estimate of drug-likeness (QED) is 0.814. The number of benzene rings is 1. The van der Waals surface area contributed by atoms with E-state index in [-0.39, 0.29) is 11.4 Å². The highest BCUT2D eigenvalue weighted by molar-refractivity contribution is 7.90. The lowest BCUT2D eigenvalue weighted by molar-refractivity contribution is 0.572. The van der Waals surface area contributed by atoms with Gasteiger partial charge in [0.1, 0.15) is 21.3 Å². The van der Waals surface area contributed by atoms with Crippen LogP contribution in [0.25, 0.3) is 5.69 Å². The van der Waals surface area contributed by atoms with Crippen molar-refractivity contribution in [2.75, 3.05) is 18.6 Å². The van der Waals surface area contributed by atoms with Crippen LogP contribution in [0.3, 0.4) is 0 Å². The van der Waals surface area contributed by atoms with E-state index < -0.39 is 21.5 Å². The monoisotopic (exact) mass is 343 g/mol. The summed E-state index contributed by atoms with van der Waals surface area (Å²) in [5.41, 5.74) is 2.47.